The summed E-state index contributed by atoms with van der Waals surface area (Å²) in [6.07, 6.45) is 0.0823. The van der Waals surface area contributed by atoms with Crippen molar-refractivity contribution in [1.82, 2.24) is 5.32 Å². The second-order valence-corrected chi connectivity index (χ2v) is 6.08. The molecule has 0 amide bonds. The average Bonchev–Trinajstić information content (AvgIpc) is 2.37. The highest BCUT2D eigenvalue weighted by Gasteiger charge is 2.48. The van der Waals surface area contributed by atoms with Gasteiger partial charge in [-0.15, -0.1) is 0 Å². The minimum Gasteiger partial charge on any atom is -0.480 e. The van der Waals surface area contributed by atoms with Crippen LogP contribution in [0.3, 0.4) is 0 Å². The Balaban J connectivity index is 3.15. The molecule has 1 atom stereocenters. The molecule has 2 N–H and O–H groups in total. The molecule has 21 heavy (non-hydrogen) atoms. The number of carbonyl (C=O) groups excluding carboxylic acids is 1. The van der Waals surface area contributed by atoms with Crippen LogP contribution in [-0.2, 0) is 20.7 Å². The van der Waals surface area contributed by atoms with Crippen LogP contribution in [0.5, 0.6) is 0 Å². The molecule has 0 aliphatic carbocycles. The van der Waals surface area contributed by atoms with Gasteiger partial charge in [-0.3, -0.25) is 9.59 Å². The predicted octanol–water partition coefficient (Wildman–Crippen LogP) is 1.86. The van der Waals surface area contributed by atoms with Crippen molar-refractivity contribution in [3.05, 3.63) is 35.9 Å². The lowest BCUT2D eigenvalue weighted by atomic mass is 9.81. The van der Waals surface area contributed by atoms with E-state index in [1.165, 1.54) is 0 Å². The maximum atomic E-state index is 12.5. The Kier molecular flexibility index (Phi) is 5.49. The largest absolute Gasteiger partial charge is 0.480 e. The molecule has 0 saturated carbocycles. The molecule has 0 aliphatic rings. The molecule has 0 radical (unpaired) electrons. The standard InChI is InChI=1S/C16H23NO4/c1-15(2,3)21-14(20)16(11-17-4,13(18)19)10-12-8-6-5-7-9-12/h5-9,17H,10-11H2,1-4H3,(H,18,19)/t16-/m0/s1. The van der Waals surface area contributed by atoms with E-state index < -0.39 is 23.0 Å². The summed E-state index contributed by atoms with van der Waals surface area (Å²) in [7, 11) is 1.62. The first-order chi connectivity index (χ1) is 9.71. The van der Waals surface area contributed by atoms with Crippen LogP contribution in [0.4, 0.5) is 0 Å². The monoisotopic (exact) mass is 293 g/mol. The molecule has 5 heteroatoms. The van der Waals surface area contributed by atoms with Gasteiger partial charge in [0.05, 0.1) is 0 Å². The van der Waals surface area contributed by atoms with E-state index in [0.717, 1.165) is 5.56 Å². The molecule has 0 fully saturated rings. The van der Waals surface area contributed by atoms with Gasteiger partial charge in [-0.1, -0.05) is 30.3 Å². The van der Waals surface area contributed by atoms with E-state index in [0.29, 0.717) is 0 Å². The number of nitrogens with one attached hydrogen (secondary N) is 1. The molecule has 0 spiro atoms. The van der Waals surface area contributed by atoms with Gasteiger partial charge in [0.15, 0.2) is 5.41 Å². The van der Waals surface area contributed by atoms with Gasteiger partial charge in [0.2, 0.25) is 0 Å². The second kappa shape index (κ2) is 6.72. The number of rotatable bonds is 6. The van der Waals surface area contributed by atoms with E-state index >= 15 is 0 Å². The van der Waals surface area contributed by atoms with Crippen LogP contribution in [0.2, 0.25) is 0 Å². The SMILES string of the molecule is CNC[C@@](Cc1ccccc1)(C(=O)O)C(=O)OC(C)(C)C. The summed E-state index contributed by atoms with van der Waals surface area (Å²) in [6, 6.07) is 9.08. The van der Waals surface area contributed by atoms with Crippen LogP contribution in [0.25, 0.3) is 0 Å². The van der Waals surface area contributed by atoms with E-state index in [9.17, 15) is 14.7 Å². The smallest absolute Gasteiger partial charge is 0.325 e. The first kappa shape index (κ1) is 17.2. The van der Waals surface area contributed by atoms with Crippen LogP contribution >= 0.6 is 0 Å². The third-order valence-electron chi connectivity index (χ3n) is 3.03. The molecule has 1 aromatic carbocycles. The van der Waals surface area contributed by atoms with Gasteiger partial charge < -0.3 is 15.2 Å². The fraction of sp³-hybridized carbons (Fsp3) is 0.500. The summed E-state index contributed by atoms with van der Waals surface area (Å²) in [6.45, 7) is 5.17. The molecule has 0 saturated heterocycles. The molecule has 0 aliphatic heterocycles. The topological polar surface area (TPSA) is 75.6 Å². The van der Waals surface area contributed by atoms with Crippen molar-refractivity contribution in [1.29, 1.82) is 0 Å². The summed E-state index contributed by atoms with van der Waals surface area (Å²) >= 11 is 0. The number of benzene rings is 1. The lowest BCUT2D eigenvalue weighted by Gasteiger charge is -2.31. The quantitative estimate of drug-likeness (QED) is 0.618. The Morgan fingerprint density at radius 1 is 1.19 bits per heavy atom. The van der Waals surface area contributed by atoms with Crippen molar-refractivity contribution in [2.75, 3.05) is 13.6 Å². The number of aliphatic carboxylic acids is 1. The molecule has 0 unspecified atom stereocenters. The Morgan fingerprint density at radius 2 is 1.76 bits per heavy atom. The summed E-state index contributed by atoms with van der Waals surface area (Å²) < 4.78 is 5.33. The number of carbonyl (C=O) groups is 2. The number of carboxylic acids is 1. The number of hydrogen-bond donors (Lipinski definition) is 2. The van der Waals surface area contributed by atoms with Crippen molar-refractivity contribution < 1.29 is 19.4 Å². The van der Waals surface area contributed by atoms with E-state index in [-0.39, 0.29) is 13.0 Å². The van der Waals surface area contributed by atoms with Gasteiger partial charge in [-0.05, 0) is 33.4 Å². The number of hydrogen-bond acceptors (Lipinski definition) is 4. The fourth-order valence-corrected chi connectivity index (χ4v) is 2.07. The Bertz CT molecular complexity index is 493. The molecule has 1 aromatic rings. The van der Waals surface area contributed by atoms with Crippen LogP contribution in [0.15, 0.2) is 30.3 Å². The van der Waals surface area contributed by atoms with E-state index in [4.69, 9.17) is 4.74 Å². The minimum absolute atomic E-state index is 0.00609. The highest BCUT2D eigenvalue weighted by Crippen LogP contribution is 2.27. The van der Waals surface area contributed by atoms with E-state index in [1.807, 2.05) is 18.2 Å². The molecule has 5 nitrogen and oxygen atoms in total. The summed E-state index contributed by atoms with van der Waals surface area (Å²) in [4.78, 5) is 24.3. The predicted molar refractivity (Wildman–Crippen MR) is 80.0 cm³/mol. The zero-order valence-corrected chi connectivity index (χ0v) is 13.0. The van der Waals surface area contributed by atoms with Gasteiger partial charge in [-0.25, -0.2) is 0 Å². The summed E-state index contributed by atoms with van der Waals surface area (Å²) in [5.41, 5.74) is -1.59. The molecule has 0 heterocycles. The highest BCUT2D eigenvalue weighted by molar-refractivity contribution is 6.00. The Hall–Kier alpha value is -1.88. The first-order valence-electron chi connectivity index (χ1n) is 6.87. The van der Waals surface area contributed by atoms with Crippen molar-refractivity contribution in [2.45, 2.75) is 32.8 Å². The molecule has 0 bridgehead atoms. The number of ether oxygens (including phenoxy) is 1. The molecule has 1 rings (SSSR count). The van der Waals surface area contributed by atoms with Gasteiger partial charge in [0, 0.05) is 13.0 Å². The molecule has 0 aromatic heterocycles. The first-order valence-corrected chi connectivity index (χ1v) is 6.87. The van der Waals surface area contributed by atoms with Gasteiger partial charge in [-0.2, -0.15) is 0 Å². The molecular weight excluding hydrogens is 270 g/mol. The molecule has 116 valence electrons. The maximum Gasteiger partial charge on any atom is 0.325 e. The van der Waals surface area contributed by atoms with Gasteiger partial charge in [0.25, 0.3) is 0 Å². The van der Waals surface area contributed by atoms with Crippen molar-refractivity contribution in [3.63, 3.8) is 0 Å². The molecular formula is C16H23NO4. The Labute approximate surface area is 125 Å². The zero-order valence-electron chi connectivity index (χ0n) is 13.0. The van der Waals surface area contributed by atoms with Crippen LogP contribution < -0.4 is 5.32 Å². The number of carboxylic acid groups (broad SMARTS) is 1. The van der Waals surface area contributed by atoms with Crippen molar-refractivity contribution >= 4 is 11.9 Å². The van der Waals surface area contributed by atoms with Crippen LogP contribution in [-0.4, -0.2) is 36.2 Å². The lowest BCUT2D eigenvalue weighted by molar-refractivity contribution is -0.176. The normalized spacial score (nSPS) is 14.3. The lowest BCUT2D eigenvalue weighted by Crippen LogP contribution is -2.50. The van der Waals surface area contributed by atoms with Gasteiger partial charge in [0.1, 0.15) is 5.60 Å². The van der Waals surface area contributed by atoms with Crippen LogP contribution in [0.1, 0.15) is 26.3 Å². The zero-order chi connectivity index (χ0) is 16.1. The second-order valence-electron chi connectivity index (χ2n) is 6.08. The summed E-state index contributed by atoms with van der Waals surface area (Å²) in [5.74, 6) is -1.91. The average molecular weight is 293 g/mol. The van der Waals surface area contributed by atoms with Crippen molar-refractivity contribution in [3.8, 4) is 0 Å². The number of esters is 1. The fourth-order valence-electron chi connectivity index (χ4n) is 2.07. The van der Waals surface area contributed by atoms with E-state index in [1.54, 1.807) is 40.0 Å². The third kappa shape index (κ3) is 4.56. The van der Waals surface area contributed by atoms with E-state index in [2.05, 4.69) is 5.32 Å². The van der Waals surface area contributed by atoms with Crippen LogP contribution in [0, 0.1) is 5.41 Å². The summed E-state index contributed by atoms with van der Waals surface area (Å²) in [5, 5.41) is 12.4. The maximum absolute atomic E-state index is 12.5. The third-order valence-corrected chi connectivity index (χ3v) is 3.03. The minimum atomic E-state index is -1.64. The van der Waals surface area contributed by atoms with Gasteiger partial charge >= 0.3 is 11.9 Å². The van der Waals surface area contributed by atoms with Crippen molar-refractivity contribution in [2.24, 2.45) is 5.41 Å². The Morgan fingerprint density at radius 3 is 2.19 bits per heavy atom. The highest BCUT2D eigenvalue weighted by atomic mass is 16.6.